The molecule has 1 N–H and O–H groups in total. The van der Waals surface area contributed by atoms with E-state index in [1.807, 2.05) is 0 Å². The van der Waals surface area contributed by atoms with Gasteiger partial charge in [0.25, 0.3) is 0 Å². The topological polar surface area (TPSA) is 23.5 Å². The summed E-state index contributed by atoms with van der Waals surface area (Å²) in [5.74, 6) is 0. The molecule has 1 aromatic rings. The van der Waals surface area contributed by atoms with Crippen LogP contribution < -0.4 is 0 Å². The van der Waals surface area contributed by atoms with Crippen LogP contribution in [-0.2, 0) is 6.54 Å². The van der Waals surface area contributed by atoms with Gasteiger partial charge >= 0.3 is 0 Å². The highest BCUT2D eigenvalue weighted by molar-refractivity contribution is 9.10. The number of aliphatic hydroxyl groups excluding tert-OH is 1. The fraction of sp³-hybridized carbons (Fsp3) is 0.600. The van der Waals surface area contributed by atoms with Gasteiger partial charge in [-0.05, 0) is 36.6 Å². The van der Waals surface area contributed by atoms with Crippen molar-refractivity contribution in [3.05, 3.63) is 34.3 Å². The molecule has 0 aliphatic heterocycles. The van der Waals surface area contributed by atoms with E-state index in [0.717, 1.165) is 24.0 Å². The fourth-order valence-corrected chi connectivity index (χ4v) is 2.02. The largest absolute Gasteiger partial charge is 0.393 e. The average Bonchev–Trinajstić information content (AvgIpc) is 2.28. The molecule has 1 aromatic carbocycles. The van der Waals surface area contributed by atoms with E-state index < -0.39 is 0 Å². The third-order valence-corrected chi connectivity index (χ3v) is 3.68. The molecule has 3 heteroatoms. The van der Waals surface area contributed by atoms with Crippen molar-refractivity contribution in [2.45, 2.75) is 39.8 Å². The third-order valence-electron chi connectivity index (χ3n) is 3.15. The molecule has 2 nitrogen and oxygen atoms in total. The average molecular weight is 314 g/mol. The van der Waals surface area contributed by atoms with E-state index in [0.29, 0.717) is 0 Å². The van der Waals surface area contributed by atoms with Gasteiger partial charge in [0.2, 0.25) is 0 Å². The first-order valence-corrected chi connectivity index (χ1v) is 7.19. The summed E-state index contributed by atoms with van der Waals surface area (Å²) in [4.78, 5) is 2.25. The smallest absolute Gasteiger partial charge is 0.0600 e. The minimum atomic E-state index is -0.245. The van der Waals surface area contributed by atoms with E-state index >= 15 is 0 Å². The van der Waals surface area contributed by atoms with Crippen molar-refractivity contribution in [2.75, 3.05) is 13.6 Å². The zero-order valence-electron chi connectivity index (χ0n) is 11.8. The van der Waals surface area contributed by atoms with Gasteiger partial charge in [0, 0.05) is 17.6 Å². The summed E-state index contributed by atoms with van der Waals surface area (Å²) >= 11 is 3.44. The summed E-state index contributed by atoms with van der Waals surface area (Å²) in [7, 11) is 2.09. The van der Waals surface area contributed by atoms with Crippen molar-refractivity contribution >= 4 is 15.9 Å². The number of hydrogen-bond donors (Lipinski definition) is 1. The molecule has 0 aliphatic rings. The maximum atomic E-state index is 10.0. The Morgan fingerprint density at radius 3 is 2.28 bits per heavy atom. The Morgan fingerprint density at radius 2 is 1.78 bits per heavy atom. The standard InChI is InChI=1S/C15H24BrNO/c1-15(2,3)14(18)9-10-17(4)11-12-5-7-13(16)8-6-12/h5-8,14,18H,9-11H2,1-4H3. The summed E-state index contributed by atoms with van der Waals surface area (Å²) in [6.07, 6.45) is 0.571. The fourth-order valence-electron chi connectivity index (χ4n) is 1.76. The first-order chi connectivity index (χ1) is 8.29. The molecule has 1 unspecified atom stereocenters. The van der Waals surface area contributed by atoms with E-state index in [1.54, 1.807) is 0 Å². The Balaban J connectivity index is 2.38. The molecule has 1 atom stereocenters. The zero-order chi connectivity index (χ0) is 13.8. The molecule has 0 spiro atoms. The van der Waals surface area contributed by atoms with Crippen molar-refractivity contribution in [3.8, 4) is 0 Å². The van der Waals surface area contributed by atoms with Crippen molar-refractivity contribution in [2.24, 2.45) is 5.41 Å². The number of nitrogens with zero attached hydrogens (tertiary/aromatic N) is 1. The molecule has 102 valence electrons. The normalized spacial score (nSPS) is 13.9. The number of rotatable bonds is 5. The van der Waals surface area contributed by atoms with E-state index in [-0.39, 0.29) is 11.5 Å². The Labute approximate surface area is 119 Å². The number of aliphatic hydroxyl groups is 1. The van der Waals surface area contributed by atoms with Crippen LogP contribution in [0.4, 0.5) is 0 Å². The molecule has 1 rings (SSSR count). The second kappa shape index (κ2) is 6.69. The van der Waals surface area contributed by atoms with Crippen LogP contribution in [0.2, 0.25) is 0 Å². The van der Waals surface area contributed by atoms with Crippen molar-refractivity contribution in [1.82, 2.24) is 4.90 Å². The molecule has 0 fully saturated rings. The summed E-state index contributed by atoms with van der Waals surface area (Å²) in [6.45, 7) is 8.06. The monoisotopic (exact) mass is 313 g/mol. The number of benzene rings is 1. The zero-order valence-corrected chi connectivity index (χ0v) is 13.4. The first kappa shape index (κ1) is 15.7. The van der Waals surface area contributed by atoms with E-state index in [1.165, 1.54) is 5.56 Å². The lowest BCUT2D eigenvalue weighted by molar-refractivity contribution is 0.0473. The first-order valence-electron chi connectivity index (χ1n) is 6.40. The maximum absolute atomic E-state index is 10.0. The van der Waals surface area contributed by atoms with Crippen molar-refractivity contribution < 1.29 is 5.11 Å². The van der Waals surface area contributed by atoms with Crippen LogP contribution >= 0.6 is 15.9 Å². The molecular weight excluding hydrogens is 290 g/mol. The van der Waals surface area contributed by atoms with Crippen LogP contribution in [0.25, 0.3) is 0 Å². The molecule has 18 heavy (non-hydrogen) atoms. The lowest BCUT2D eigenvalue weighted by Crippen LogP contribution is -2.30. The molecule has 0 amide bonds. The number of hydrogen-bond acceptors (Lipinski definition) is 2. The quantitative estimate of drug-likeness (QED) is 0.896. The molecule has 0 saturated carbocycles. The third kappa shape index (κ3) is 5.51. The van der Waals surface area contributed by atoms with Crippen LogP contribution in [0, 0.1) is 5.41 Å². The van der Waals surface area contributed by atoms with Crippen LogP contribution in [0.15, 0.2) is 28.7 Å². The summed E-state index contributed by atoms with van der Waals surface area (Å²) in [5, 5.41) is 10.0. The lowest BCUT2D eigenvalue weighted by atomic mass is 9.87. The van der Waals surface area contributed by atoms with Gasteiger partial charge in [-0.2, -0.15) is 0 Å². The van der Waals surface area contributed by atoms with Gasteiger partial charge in [-0.3, -0.25) is 0 Å². The summed E-state index contributed by atoms with van der Waals surface area (Å²) in [5.41, 5.74) is 1.27. The maximum Gasteiger partial charge on any atom is 0.0600 e. The second-order valence-corrected chi connectivity index (χ2v) is 6.95. The Morgan fingerprint density at radius 1 is 1.22 bits per heavy atom. The van der Waals surface area contributed by atoms with Crippen molar-refractivity contribution in [3.63, 3.8) is 0 Å². The summed E-state index contributed by atoms with van der Waals surface area (Å²) in [6, 6.07) is 8.38. The van der Waals surface area contributed by atoms with Crippen LogP contribution in [0.3, 0.4) is 0 Å². The minimum Gasteiger partial charge on any atom is -0.393 e. The predicted octanol–water partition coefficient (Wildman–Crippen LogP) is 3.68. The lowest BCUT2D eigenvalue weighted by Gasteiger charge is -2.27. The summed E-state index contributed by atoms with van der Waals surface area (Å²) < 4.78 is 1.11. The van der Waals surface area contributed by atoms with Crippen LogP contribution in [0.1, 0.15) is 32.8 Å². The molecule has 0 aliphatic carbocycles. The van der Waals surface area contributed by atoms with Gasteiger partial charge in [0.15, 0.2) is 0 Å². The molecule has 0 saturated heterocycles. The molecular formula is C15H24BrNO. The van der Waals surface area contributed by atoms with Gasteiger partial charge in [0.05, 0.1) is 6.10 Å². The van der Waals surface area contributed by atoms with Gasteiger partial charge in [-0.1, -0.05) is 48.8 Å². The molecule has 0 aromatic heterocycles. The van der Waals surface area contributed by atoms with Gasteiger partial charge in [0.1, 0.15) is 0 Å². The second-order valence-electron chi connectivity index (χ2n) is 6.03. The Bertz CT molecular complexity index is 356. The van der Waals surface area contributed by atoms with E-state index in [4.69, 9.17) is 0 Å². The highest BCUT2D eigenvalue weighted by Gasteiger charge is 2.21. The van der Waals surface area contributed by atoms with E-state index in [9.17, 15) is 5.11 Å². The molecule has 0 radical (unpaired) electrons. The minimum absolute atomic E-state index is 0.0293. The van der Waals surface area contributed by atoms with E-state index in [2.05, 4.69) is 72.9 Å². The molecule has 0 bridgehead atoms. The van der Waals surface area contributed by atoms with Crippen LogP contribution in [0.5, 0.6) is 0 Å². The highest BCUT2D eigenvalue weighted by Crippen LogP contribution is 2.21. The Kier molecular flexibility index (Phi) is 5.83. The predicted molar refractivity (Wildman–Crippen MR) is 80.6 cm³/mol. The highest BCUT2D eigenvalue weighted by atomic mass is 79.9. The molecule has 0 heterocycles. The van der Waals surface area contributed by atoms with Gasteiger partial charge in [-0.15, -0.1) is 0 Å². The Hall–Kier alpha value is -0.380. The van der Waals surface area contributed by atoms with Crippen LogP contribution in [-0.4, -0.2) is 29.7 Å². The van der Waals surface area contributed by atoms with Gasteiger partial charge < -0.3 is 10.0 Å². The SMILES string of the molecule is CN(CCC(O)C(C)(C)C)Cc1ccc(Br)cc1. The van der Waals surface area contributed by atoms with Gasteiger partial charge in [-0.25, -0.2) is 0 Å². The van der Waals surface area contributed by atoms with Crippen molar-refractivity contribution in [1.29, 1.82) is 0 Å². The number of halogens is 1.